The van der Waals surface area contributed by atoms with E-state index in [4.69, 9.17) is 9.84 Å². The number of amides is 1. The Morgan fingerprint density at radius 1 is 1.29 bits per heavy atom. The van der Waals surface area contributed by atoms with Gasteiger partial charge in [-0.2, -0.15) is 0 Å². The Balaban J connectivity index is 2.63. The van der Waals surface area contributed by atoms with Gasteiger partial charge in [-0.05, 0) is 6.42 Å². The van der Waals surface area contributed by atoms with Crippen LogP contribution >= 0.6 is 0 Å². The number of carbonyl (C=O) groups excluding carboxylic acids is 1. The summed E-state index contributed by atoms with van der Waals surface area (Å²) in [7, 11) is 0. The molecule has 100 valence electrons. The van der Waals surface area contributed by atoms with Crippen LogP contribution in [-0.4, -0.2) is 63.6 Å². The normalized spacial score (nSPS) is 37.8. The molecule has 1 aliphatic rings. The van der Waals surface area contributed by atoms with Gasteiger partial charge in [0.25, 0.3) is 0 Å². The molecule has 0 aliphatic carbocycles. The van der Waals surface area contributed by atoms with Crippen LogP contribution in [0.4, 0.5) is 0 Å². The summed E-state index contributed by atoms with van der Waals surface area (Å²) in [5.41, 5.74) is 0. The van der Waals surface area contributed by atoms with Crippen molar-refractivity contribution in [2.45, 2.75) is 50.4 Å². The van der Waals surface area contributed by atoms with E-state index in [1.165, 1.54) is 0 Å². The zero-order valence-electron chi connectivity index (χ0n) is 9.61. The van der Waals surface area contributed by atoms with Crippen LogP contribution < -0.4 is 5.32 Å². The molecule has 1 rings (SSSR count). The smallest absolute Gasteiger partial charge is 0.220 e. The van der Waals surface area contributed by atoms with Crippen molar-refractivity contribution in [2.75, 3.05) is 6.61 Å². The molecule has 5 atom stereocenters. The zero-order chi connectivity index (χ0) is 13.0. The molecule has 0 radical (unpaired) electrons. The third kappa shape index (κ3) is 3.36. The summed E-state index contributed by atoms with van der Waals surface area (Å²) in [6.07, 6.45) is -4.35. The van der Waals surface area contributed by atoms with E-state index in [0.29, 0.717) is 6.42 Å². The minimum atomic E-state index is -1.45. The van der Waals surface area contributed by atoms with Crippen molar-refractivity contribution in [2.24, 2.45) is 0 Å². The first-order chi connectivity index (χ1) is 8.01. The average molecular weight is 249 g/mol. The van der Waals surface area contributed by atoms with Crippen molar-refractivity contribution in [3.63, 3.8) is 0 Å². The van der Waals surface area contributed by atoms with Gasteiger partial charge in [0.1, 0.15) is 24.4 Å². The van der Waals surface area contributed by atoms with Gasteiger partial charge in [0, 0.05) is 6.42 Å². The molecule has 1 fully saturated rings. The lowest BCUT2D eigenvalue weighted by atomic mass is 9.97. The second kappa shape index (κ2) is 6.27. The second-order valence-corrected chi connectivity index (χ2v) is 4.07. The van der Waals surface area contributed by atoms with Gasteiger partial charge in [-0.3, -0.25) is 4.79 Å². The van der Waals surface area contributed by atoms with Crippen LogP contribution in [0, 0.1) is 0 Å². The first-order valence-corrected chi connectivity index (χ1v) is 5.61. The van der Waals surface area contributed by atoms with Crippen molar-refractivity contribution in [1.82, 2.24) is 5.32 Å². The molecule has 0 saturated carbocycles. The van der Waals surface area contributed by atoms with Gasteiger partial charge in [0.2, 0.25) is 5.91 Å². The third-order valence-corrected chi connectivity index (χ3v) is 2.70. The number of hydrogen-bond donors (Lipinski definition) is 5. The van der Waals surface area contributed by atoms with Gasteiger partial charge >= 0.3 is 0 Å². The van der Waals surface area contributed by atoms with E-state index >= 15 is 0 Å². The van der Waals surface area contributed by atoms with Crippen LogP contribution in [0.1, 0.15) is 19.8 Å². The Kier molecular flexibility index (Phi) is 5.29. The molecule has 7 heteroatoms. The van der Waals surface area contributed by atoms with E-state index in [1.807, 2.05) is 6.92 Å². The first kappa shape index (κ1) is 14.3. The van der Waals surface area contributed by atoms with Crippen LogP contribution in [0.3, 0.4) is 0 Å². The van der Waals surface area contributed by atoms with E-state index in [9.17, 15) is 20.1 Å². The van der Waals surface area contributed by atoms with Crippen molar-refractivity contribution in [3.05, 3.63) is 0 Å². The molecule has 1 saturated heterocycles. The highest BCUT2D eigenvalue weighted by atomic mass is 16.6. The Morgan fingerprint density at radius 2 is 1.94 bits per heavy atom. The maximum Gasteiger partial charge on any atom is 0.220 e. The summed E-state index contributed by atoms with van der Waals surface area (Å²) < 4.78 is 4.89. The summed E-state index contributed by atoms with van der Waals surface area (Å²) in [6, 6.07) is -1.09. The maximum atomic E-state index is 11.3. The van der Waals surface area contributed by atoms with E-state index in [2.05, 4.69) is 5.32 Å². The highest BCUT2D eigenvalue weighted by Crippen LogP contribution is 2.19. The highest BCUT2D eigenvalue weighted by molar-refractivity contribution is 5.76. The molecule has 0 aromatic rings. The SMILES string of the molecule is CCCC(=O)N[C@@H]1[C@@H](O)[C@H](O)[C@@H](CO)O[C@H]1O. The standard InChI is InChI=1S/C10H19NO6/c1-2-3-6(13)11-7-9(15)8(14)5(4-12)17-10(7)16/h5,7-10,12,14-16H,2-4H2,1H3,(H,11,13)/t5-,7-,8-,9-,10-/m1/s1. The molecule has 0 unspecified atom stereocenters. The molecule has 17 heavy (non-hydrogen) atoms. The first-order valence-electron chi connectivity index (χ1n) is 5.61. The summed E-state index contributed by atoms with van der Waals surface area (Å²) in [5, 5.41) is 40.1. The van der Waals surface area contributed by atoms with Crippen LogP contribution in [-0.2, 0) is 9.53 Å². The predicted molar refractivity (Wildman–Crippen MR) is 56.8 cm³/mol. The van der Waals surface area contributed by atoms with Crippen LogP contribution in [0.2, 0.25) is 0 Å². The second-order valence-electron chi connectivity index (χ2n) is 4.07. The Morgan fingerprint density at radius 3 is 2.47 bits per heavy atom. The van der Waals surface area contributed by atoms with Gasteiger partial charge in [-0.15, -0.1) is 0 Å². The molecule has 1 heterocycles. The van der Waals surface area contributed by atoms with E-state index < -0.39 is 37.3 Å². The van der Waals surface area contributed by atoms with Crippen LogP contribution in [0.15, 0.2) is 0 Å². The molecule has 0 spiro atoms. The van der Waals surface area contributed by atoms with Crippen molar-refractivity contribution in [3.8, 4) is 0 Å². The lowest BCUT2D eigenvalue weighted by molar-refractivity contribution is -0.253. The topological polar surface area (TPSA) is 119 Å². The number of carbonyl (C=O) groups is 1. The number of rotatable bonds is 4. The van der Waals surface area contributed by atoms with Crippen molar-refractivity contribution >= 4 is 5.91 Å². The summed E-state index contributed by atoms with van der Waals surface area (Å²) in [5.74, 6) is -0.339. The number of nitrogens with one attached hydrogen (secondary N) is 1. The average Bonchev–Trinajstić information content (AvgIpc) is 2.29. The van der Waals surface area contributed by atoms with Crippen LogP contribution in [0.25, 0.3) is 0 Å². The van der Waals surface area contributed by atoms with Gasteiger partial charge in [0.15, 0.2) is 6.29 Å². The summed E-state index contributed by atoms with van der Waals surface area (Å²) in [6.45, 7) is 1.30. The molecule has 5 N–H and O–H groups in total. The van der Waals surface area contributed by atoms with Crippen LogP contribution in [0.5, 0.6) is 0 Å². The molecule has 1 amide bonds. The lowest BCUT2D eigenvalue weighted by Crippen LogP contribution is -2.64. The van der Waals surface area contributed by atoms with Gasteiger partial charge in [-0.25, -0.2) is 0 Å². The fraction of sp³-hybridized carbons (Fsp3) is 0.900. The zero-order valence-corrected chi connectivity index (χ0v) is 9.61. The Bertz CT molecular complexity index is 261. The summed E-state index contributed by atoms with van der Waals surface area (Å²) >= 11 is 0. The van der Waals surface area contributed by atoms with Gasteiger partial charge < -0.3 is 30.5 Å². The number of aliphatic hydroxyl groups excluding tert-OH is 4. The third-order valence-electron chi connectivity index (χ3n) is 2.70. The monoisotopic (exact) mass is 249 g/mol. The minimum absolute atomic E-state index is 0.259. The molecular weight excluding hydrogens is 230 g/mol. The summed E-state index contributed by atoms with van der Waals surface area (Å²) in [4.78, 5) is 11.3. The number of hydrogen-bond acceptors (Lipinski definition) is 6. The van der Waals surface area contributed by atoms with E-state index in [-0.39, 0.29) is 12.3 Å². The molecule has 0 bridgehead atoms. The number of ether oxygens (including phenoxy) is 1. The highest BCUT2D eigenvalue weighted by Gasteiger charge is 2.44. The van der Waals surface area contributed by atoms with Crippen molar-refractivity contribution in [1.29, 1.82) is 0 Å². The van der Waals surface area contributed by atoms with Gasteiger partial charge in [-0.1, -0.05) is 6.92 Å². The van der Waals surface area contributed by atoms with Gasteiger partial charge in [0.05, 0.1) is 6.61 Å². The van der Waals surface area contributed by atoms with Crippen molar-refractivity contribution < 1.29 is 30.0 Å². The fourth-order valence-corrected chi connectivity index (χ4v) is 1.74. The molecule has 7 nitrogen and oxygen atoms in total. The fourth-order valence-electron chi connectivity index (χ4n) is 1.74. The quantitative estimate of drug-likeness (QED) is 0.382. The minimum Gasteiger partial charge on any atom is -0.394 e. The lowest BCUT2D eigenvalue weighted by Gasteiger charge is -2.40. The predicted octanol–water partition coefficient (Wildman–Crippen LogP) is -2.30. The van der Waals surface area contributed by atoms with E-state index in [1.54, 1.807) is 0 Å². The number of aliphatic hydroxyl groups is 4. The molecule has 0 aromatic carbocycles. The van der Waals surface area contributed by atoms with E-state index in [0.717, 1.165) is 0 Å². The molecule has 1 aliphatic heterocycles. The maximum absolute atomic E-state index is 11.3. The molecular formula is C10H19NO6. The molecule has 0 aromatic heterocycles. The Labute approximate surface area is 99.0 Å². The Hall–Kier alpha value is -0.730. The largest absolute Gasteiger partial charge is 0.394 e.